The molecule has 0 bridgehead atoms. The predicted molar refractivity (Wildman–Crippen MR) is 226 cm³/mol. The highest BCUT2D eigenvalue weighted by Crippen LogP contribution is 2.37. The lowest BCUT2D eigenvalue weighted by Crippen LogP contribution is -2.02. The second-order valence-corrected chi connectivity index (χ2v) is 18.5. The van der Waals surface area contributed by atoms with Gasteiger partial charge in [-0.15, -0.1) is 0 Å². The fourth-order valence-corrected chi connectivity index (χ4v) is 8.96. The van der Waals surface area contributed by atoms with Gasteiger partial charge in [-0.3, -0.25) is 0 Å². The van der Waals surface area contributed by atoms with E-state index in [1.165, 1.54) is 48.5 Å². The molecule has 0 aliphatic rings. The van der Waals surface area contributed by atoms with Gasteiger partial charge in [0.2, 0.25) is 19.7 Å². The first kappa shape index (κ1) is 39.8. The summed E-state index contributed by atoms with van der Waals surface area (Å²) in [6.45, 7) is 5.70. The van der Waals surface area contributed by atoms with Crippen LogP contribution >= 0.6 is 31.9 Å². The van der Waals surface area contributed by atoms with Crippen molar-refractivity contribution in [2.75, 3.05) is 0 Å². The Morgan fingerprint density at radius 3 is 0.825 bits per heavy atom. The Kier molecular flexibility index (Phi) is 11.6. The van der Waals surface area contributed by atoms with Crippen LogP contribution in [0.1, 0.15) is 16.7 Å². The smallest absolute Gasteiger partial charge is 0.206 e. The van der Waals surface area contributed by atoms with Gasteiger partial charge in [-0.25, -0.2) is 16.8 Å². The normalized spacial score (nSPS) is 11.5. The molecular weight excluding hydrogens is 892 g/mol. The Bertz CT molecular complexity index is 2600. The van der Waals surface area contributed by atoms with E-state index in [-0.39, 0.29) is 19.6 Å². The van der Waals surface area contributed by atoms with Gasteiger partial charge < -0.3 is 18.9 Å². The van der Waals surface area contributed by atoms with Gasteiger partial charge in [-0.2, -0.15) is 0 Å². The Hall–Kier alpha value is -5.40. The van der Waals surface area contributed by atoms with Gasteiger partial charge in [0.1, 0.15) is 46.0 Å². The lowest BCUT2D eigenvalue weighted by Gasteiger charge is -2.14. The van der Waals surface area contributed by atoms with Gasteiger partial charge in [0, 0.05) is 25.6 Å². The molecule has 0 atom stereocenters. The predicted octanol–water partition coefficient (Wildman–Crippen LogP) is 13.0. The van der Waals surface area contributed by atoms with Gasteiger partial charge in [0.25, 0.3) is 0 Å². The molecule has 0 saturated carbocycles. The number of halogens is 2. The van der Waals surface area contributed by atoms with Crippen LogP contribution in [0.4, 0.5) is 0 Å². The molecule has 7 aromatic carbocycles. The topological polar surface area (TPSA) is 105 Å². The van der Waals surface area contributed by atoms with Crippen molar-refractivity contribution < 1.29 is 35.8 Å². The third kappa shape index (κ3) is 8.79. The average molecular weight is 927 g/mol. The van der Waals surface area contributed by atoms with Crippen LogP contribution in [0, 0.1) is 20.8 Å². The largest absolute Gasteiger partial charge is 0.457 e. The molecular formula is C45H34Br2O8S2. The van der Waals surface area contributed by atoms with Crippen molar-refractivity contribution in [2.24, 2.45) is 0 Å². The monoisotopic (exact) mass is 924 g/mol. The van der Waals surface area contributed by atoms with Crippen LogP contribution in [-0.4, -0.2) is 16.8 Å². The molecule has 7 rings (SSSR count). The Balaban J connectivity index is 0.989. The summed E-state index contributed by atoms with van der Waals surface area (Å²) in [6.07, 6.45) is 0. The Morgan fingerprint density at radius 1 is 0.333 bits per heavy atom. The third-order valence-electron chi connectivity index (χ3n) is 9.12. The minimum atomic E-state index is -3.81. The van der Waals surface area contributed by atoms with Crippen LogP contribution in [0.5, 0.6) is 46.0 Å². The first-order valence-electron chi connectivity index (χ1n) is 17.5. The zero-order valence-corrected chi connectivity index (χ0v) is 35.6. The molecule has 7 aromatic rings. The van der Waals surface area contributed by atoms with Crippen LogP contribution in [-0.2, 0) is 19.7 Å². The number of hydrogen-bond donors (Lipinski definition) is 0. The standard InChI is InChI=1S/C45H34Br2O8S2/c1-29-40(46)7-4-9-42(29)52-32-13-21-36(22-14-32)56(48,49)38-25-17-34(18-26-38)54-44-11-6-12-45(31(44)3)55-35-19-27-39(28-20-35)57(50,51)37-23-15-33(16-24-37)53-43-10-5-8-41(47)30(43)2/h4-28H,1-3H3. The van der Waals surface area contributed by atoms with Crippen LogP contribution < -0.4 is 18.9 Å². The summed E-state index contributed by atoms with van der Waals surface area (Å²) in [5.41, 5.74) is 2.56. The molecule has 0 aliphatic heterocycles. The second-order valence-electron chi connectivity index (χ2n) is 12.9. The van der Waals surface area contributed by atoms with Crippen molar-refractivity contribution in [3.8, 4) is 46.0 Å². The number of rotatable bonds is 12. The molecule has 0 N–H and O–H groups in total. The minimum Gasteiger partial charge on any atom is -0.457 e. The molecule has 0 heterocycles. The maximum atomic E-state index is 13.4. The van der Waals surface area contributed by atoms with E-state index in [9.17, 15) is 16.8 Å². The molecule has 0 aliphatic carbocycles. The van der Waals surface area contributed by atoms with E-state index in [1.54, 1.807) is 66.7 Å². The Morgan fingerprint density at radius 2 is 0.561 bits per heavy atom. The van der Waals surface area contributed by atoms with Crippen molar-refractivity contribution >= 4 is 51.5 Å². The molecule has 0 fully saturated rings. The maximum Gasteiger partial charge on any atom is 0.206 e. The Labute approximate surface area is 348 Å². The van der Waals surface area contributed by atoms with E-state index in [0.29, 0.717) is 51.6 Å². The first-order valence-corrected chi connectivity index (χ1v) is 22.1. The highest BCUT2D eigenvalue weighted by atomic mass is 79.9. The van der Waals surface area contributed by atoms with Crippen molar-refractivity contribution in [1.29, 1.82) is 0 Å². The number of sulfone groups is 2. The van der Waals surface area contributed by atoms with Crippen LogP contribution in [0.25, 0.3) is 0 Å². The lowest BCUT2D eigenvalue weighted by atomic mass is 10.2. The van der Waals surface area contributed by atoms with Gasteiger partial charge >= 0.3 is 0 Å². The first-order chi connectivity index (χ1) is 27.3. The van der Waals surface area contributed by atoms with E-state index in [1.807, 2.05) is 57.2 Å². The summed E-state index contributed by atoms with van der Waals surface area (Å²) in [5, 5.41) is 0. The third-order valence-corrected chi connectivity index (χ3v) is 14.4. The number of hydrogen-bond acceptors (Lipinski definition) is 8. The molecule has 12 heteroatoms. The molecule has 0 unspecified atom stereocenters. The fraction of sp³-hybridized carbons (Fsp3) is 0.0667. The molecule has 0 aromatic heterocycles. The molecule has 57 heavy (non-hydrogen) atoms. The van der Waals surface area contributed by atoms with Crippen LogP contribution in [0.3, 0.4) is 0 Å². The van der Waals surface area contributed by atoms with E-state index < -0.39 is 19.7 Å². The van der Waals surface area contributed by atoms with Gasteiger partial charge in [-0.1, -0.05) is 50.1 Å². The van der Waals surface area contributed by atoms with Crippen LogP contribution in [0.15, 0.2) is 180 Å². The zero-order valence-electron chi connectivity index (χ0n) is 30.8. The van der Waals surface area contributed by atoms with Gasteiger partial charge in [0.05, 0.1) is 19.6 Å². The van der Waals surface area contributed by atoms with Crippen molar-refractivity contribution in [1.82, 2.24) is 0 Å². The van der Waals surface area contributed by atoms with Crippen molar-refractivity contribution in [2.45, 2.75) is 40.4 Å². The highest BCUT2D eigenvalue weighted by Gasteiger charge is 2.20. The summed E-state index contributed by atoms with van der Waals surface area (Å²) in [5.74, 6) is 4.23. The second kappa shape index (κ2) is 16.6. The van der Waals surface area contributed by atoms with E-state index >= 15 is 0 Å². The average Bonchev–Trinajstić information content (AvgIpc) is 3.21. The number of benzene rings is 7. The van der Waals surface area contributed by atoms with Crippen molar-refractivity contribution in [3.05, 3.63) is 177 Å². The number of ether oxygens (including phenoxy) is 4. The summed E-state index contributed by atoms with van der Waals surface area (Å²) >= 11 is 6.99. The summed E-state index contributed by atoms with van der Waals surface area (Å²) in [4.78, 5) is 0.493. The zero-order chi connectivity index (χ0) is 40.3. The van der Waals surface area contributed by atoms with Gasteiger partial charge in [0.15, 0.2) is 0 Å². The maximum absolute atomic E-state index is 13.4. The van der Waals surface area contributed by atoms with E-state index in [0.717, 1.165) is 20.1 Å². The van der Waals surface area contributed by atoms with E-state index in [2.05, 4.69) is 31.9 Å². The molecule has 0 spiro atoms. The molecule has 0 amide bonds. The summed E-state index contributed by atoms with van der Waals surface area (Å²) in [7, 11) is -7.62. The summed E-state index contributed by atoms with van der Waals surface area (Å²) in [6, 6.07) is 41.6. The SMILES string of the molecule is Cc1c(Br)cccc1Oc1ccc(S(=O)(=O)c2ccc(Oc3cccc(Oc4ccc(S(=O)(=O)c5ccc(Oc6cccc(Br)c6C)cc5)cc4)c3C)cc2)cc1. The quantitative estimate of drug-likeness (QED) is 0.119. The molecule has 8 nitrogen and oxygen atoms in total. The summed E-state index contributed by atoms with van der Waals surface area (Å²) < 4.78 is 79.8. The van der Waals surface area contributed by atoms with Gasteiger partial charge in [-0.05, 0) is 154 Å². The minimum absolute atomic E-state index is 0.114. The molecule has 288 valence electrons. The molecule has 0 saturated heterocycles. The van der Waals surface area contributed by atoms with E-state index in [4.69, 9.17) is 18.9 Å². The fourth-order valence-electron chi connectivity index (χ4n) is 5.74. The van der Waals surface area contributed by atoms with Crippen molar-refractivity contribution in [3.63, 3.8) is 0 Å². The van der Waals surface area contributed by atoms with Crippen LogP contribution in [0.2, 0.25) is 0 Å². The molecule has 0 radical (unpaired) electrons. The lowest BCUT2D eigenvalue weighted by molar-refractivity contribution is 0.453. The highest BCUT2D eigenvalue weighted by molar-refractivity contribution is 9.10.